The predicted octanol–water partition coefficient (Wildman–Crippen LogP) is 2.45. The lowest BCUT2D eigenvalue weighted by atomic mass is 10.3. The molecule has 10 heteroatoms. The Morgan fingerprint density at radius 1 is 0.880 bits per heavy atom. The maximum Gasteiger partial charge on any atom is 0.267 e. The summed E-state index contributed by atoms with van der Waals surface area (Å²) in [5.74, 6) is -2.45. The molecule has 0 fully saturated rings. The van der Waals surface area contributed by atoms with Crippen LogP contribution in [0.2, 0.25) is 0 Å². The van der Waals surface area contributed by atoms with Gasteiger partial charge in [0.15, 0.2) is 4.90 Å². The second-order valence-electron chi connectivity index (χ2n) is 5.08. The molecule has 6 nitrogen and oxygen atoms in total. The summed E-state index contributed by atoms with van der Waals surface area (Å²) in [6.07, 6.45) is 0.616. The van der Waals surface area contributed by atoms with Gasteiger partial charge in [-0.1, -0.05) is 13.0 Å². The Labute approximate surface area is 145 Å². The van der Waals surface area contributed by atoms with Crippen LogP contribution in [0.15, 0.2) is 52.3 Å². The van der Waals surface area contributed by atoms with Crippen molar-refractivity contribution in [3.63, 3.8) is 0 Å². The lowest BCUT2D eigenvalue weighted by Crippen LogP contribution is -2.24. The van der Waals surface area contributed by atoms with E-state index in [0.29, 0.717) is 6.42 Å². The van der Waals surface area contributed by atoms with Crippen LogP contribution in [-0.2, 0) is 20.0 Å². The molecule has 0 radical (unpaired) electrons. The SMILES string of the molecule is CCCNS(=O)(=O)c1ccc(NS(=O)(=O)c2c(F)cccc2F)cc1. The maximum absolute atomic E-state index is 13.6. The predicted molar refractivity (Wildman–Crippen MR) is 89.1 cm³/mol. The Bertz CT molecular complexity index is 939. The number of nitrogens with one attached hydrogen (secondary N) is 2. The Balaban J connectivity index is 2.27. The molecule has 25 heavy (non-hydrogen) atoms. The first-order valence-corrected chi connectivity index (χ1v) is 10.2. The average Bonchev–Trinajstić information content (AvgIpc) is 2.52. The van der Waals surface area contributed by atoms with E-state index in [1.807, 2.05) is 11.6 Å². The zero-order chi connectivity index (χ0) is 18.7. The van der Waals surface area contributed by atoms with Crippen molar-refractivity contribution in [2.24, 2.45) is 0 Å². The molecule has 2 N–H and O–H groups in total. The van der Waals surface area contributed by atoms with Gasteiger partial charge in [0.25, 0.3) is 10.0 Å². The van der Waals surface area contributed by atoms with E-state index in [9.17, 15) is 25.6 Å². The second kappa shape index (κ2) is 7.46. The van der Waals surface area contributed by atoms with Gasteiger partial charge in [0, 0.05) is 12.2 Å². The van der Waals surface area contributed by atoms with E-state index in [-0.39, 0.29) is 17.1 Å². The Hall–Kier alpha value is -2.04. The van der Waals surface area contributed by atoms with Crippen LogP contribution < -0.4 is 9.44 Å². The van der Waals surface area contributed by atoms with Crippen LogP contribution in [0.3, 0.4) is 0 Å². The highest BCUT2D eigenvalue weighted by molar-refractivity contribution is 7.92. The highest BCUT2D eigenvalue weighted by Crippen LogP contribution is 2.22. The number of benzene rings is 2. The minimum atomic E-state index is -4.50. The van der Waals surface area contributed by atoms with Gasteiger partial charge in [0.2, 0.25) is 10.0 Å². The number of rotatable bonds is 7. The molecular weight excluding hydrogens is 374 g/mol. The fourth-order valence-corrected chi connectivity index (χ4v) is 4.30. The molecular formula is C15H16F2N2O4S2. The molecule has 0 heterocycles. The number of anilines is 1. The summed E-state index contributed by atoms with van der Waals surface area (Å²) in [6, 6.07) is 7.46. The normalized spacial score (nSPS) is 12.1. The van der Waals surface area contributed by atoms with E-state index in [2.05, 4.69) is 4.72 Å². The zero-order valence-electron chi connectivity index (χ0n) is 13.2. The van der Waals surface area contributed by atoms with Gasteiger partial charge >= 0.3 is 0 Å². The van der Waals surface area contributed by atoms with Crippen molar-refractivity contribution in [3.05, 3.63) is 54.1 Å². The average molecular weight is 390 g/mol. The summed E-state index contributed by atoms with van der Waals surface area (Å²) in [4.78, 5) is -1.16. The number of sulfonamides is 2. The molecule has 0 aliphatic carbocycles. The smallest absolute Gasteiger partial charge is 0.267 e. The van der Waals surface area contributed by atoms with E-state index in [0.717, 1.165) is 18.2 Å². The number of halogens is 2. The molecule has 0 amide bonds. The van der Waals surface area contributed by atoms with Crippen molar-refractivity contribution in [2.75, 3.05) is 11.3 Å². The van der Waals surface area contributed by atoms with E-state index >= 15 is 0 Å². The van der Waals surface area contributed by atoms with E-state index in [1.165, 1.54) is 24.3 Å². The van der Waals surface area contributed by atoms with Gasteiger partial charge in [0.1, 0.15) is 11.6 Å². The summed E-state index contributed by atoms with van der Waals surface area (Å²) < 4.78 is 79.9. The van der Waals surface area contributed by atoms with Gasteiger partial charge in [0.05, 0.1) is 4.90 Å². The van der Waals surface area contributed by atoms with Gasteiger partial charge in [-0.2, -0.15) is 0 Å². The molecule has 0 spiro atoms. The Morgan fingerprint density at radius 2 is 1.44 bits per heavy atom. The second-order valence-corrected chi connectivity index (χ2v) is 8.46. The lowest BCUT2D eigenvalue weighted by molar-refractivity contribution is 0.521. The van der Waals surface area contributed by atoms with E-state index < -0.39 is 36.6 Å². The first kappa shape index (κ1) is 19.3. The van der Waals surface area contributed by atoms with Crippen LogP contribution in [0.5, 0.6) is 0 Å². The summed E-state index contributed by atoms with van der Waals surface area (Å²) in [5, 5.41) is 0. The molecule has 0 saturated carbocycles. The molecule has 136 valence electrons. The zero-order valence-corrected chi connectivity index (χ0v) is 14.8. The standard InChI is InChI=1S/C15H16F2N2O4S2/c1-2-10-18-24(20,21)12-8-6-11(7-9-12)19-25(22,23)15-13(16)4-3-5-14(15)17/h3-9,18-19H,2,10H2,1H3. The van der Waals surface area contributed by atoms with Crippen molar-refractivity contribution >= 4 is 25.7 Å². The van der Waals surface area contributed by atoms with Crippen LogP contribution in [0.1, 0.15) is 13.3 Å². The molecule has 0 aromatic heterocycles. The number of hydrogen-bond acceptors (Lipinski definition) is 4. The molecule has 2 rings (SSSR count). The molecule has 0 atom stereocenters. The third kappa shape index (κ3) is 4.53. The van der Waals surface area contributed by atoms with Gasteiger partial charge in [-0.05, 0) is 42.8 Å². The summed E-state index contributed by atoms with van der Waals surface area (Å²) in [6.45, 7) is 2.07. The largest absolute Gasteiger partial charge is 0.279 e. The van der Waals surface area contributed by atoms with Crippen LogP contribution in [0.4, 0.5) is 14.5 Å². The van der Waals surface area contributed by atoms with Gasteiger partial charge in [-0.15, -0.1) is 0 Å². The minimum absolute atomic E-state index is 0.0305. The molecule has 0 aliphatic heterocycles. The monoisotopic (exact) mass is 390 g/mol. The third-order valence-corrected chi connectivity index (χ3v) is 6.06. The maximum atomic E-state index is 13.6. The molecule has 2 aromatic carbocycles. The van der Waals surface area contributed by atoms with Crippen LogP contribution in [-0.4, -0.2) is 23.4 Å². The Kier molecular flexibility index (Phi) is 5.76. The summed E-state index contributed by atoms with van der Waals surface area (Å²) in [7, 11) is -8.20. The first-order chi connectivity index (χ1) is 11.7. The van der Waals surface area contributed by atoms with Crippen molar-refractivity contribution in [2.45, 2.75) is 23.1 Å². The Morgan fingerprint density at radius 3 is 1.96 bits per heavy atom. The highest BCUT2D eigenvalue weighted by Gasteiger charge is 2.24. The van der Waals surface area contributed by atoms with Crippen LogP contribution >= 0.6 is 0 Å². The van der Waals surface area contributed by atoms with E-state index in [1.54, 1.807) is 0 Å². The third-order valence-electron chi connectivity index (χ3n) is 3.15. The van der Waals surface area contributed by atoms with Crippen LogP contribution in [0, 0.1) is 11.6 Å². The fourth-order valence-electron chi connectivity index (χ4n) is 1.97. The summed E-state index contributed by atoms with van der Waals surface area (Å²) in [5.41, 5.74) is -0.0305. The minimum Gasteiger partial charge on any atom is -0.279 e. The lowest BCUT2D eigenvalue weighted by Gasteiger charge is -2.10. The number of hydrogen-bond donors (Lipinski definition) is 2. The molecule has 0 bridgehead atoms. The first-order valence-electron chi connectivity index (χ1n) is 7.24. The molecule has 0 unspecified atom stereocenters. The van der Waals surface area contributed by atoms with E-state index in [4.69, 9.17) is 0 Å². The van der Waals surface area contributed by atoms with Gasteiger partial charge in [-0.3, -0.25) is 4.72 Å². The molecule has 0 aliphatic rings. The van der Waals surface area contributed by atoms with Crippen molar-refractivity contribution in [1.82, 2.24) is 4.72 Å². The topological polar surface area (TPSA) is 92.3 Å². The highest BCUT2D eigenvalue weighted by atomic mass is 32.2. The van der Waals surface area contributed by atoms with Gasteiger partial charge < -0.3 is 0 Å². The van der Waals surface area contributed by atoms with Gasteiger partial charge in [-0.25, -0.2) is 30.3 Å². The van der Waals surface area contributed by atoms with Crippen molar-refractivity contribution in [1.29, 1.82) is 0 Å². The van der Waals surface area contributed by atoms with Crippen LogP contribution in [0.25, 0.3) is 0 Å². The fraction of sp³-hybridized carbons (Fsp3) is 0.200. The van der Waals surface area contributed by atoms with Crippen molar-refractivity contribution < 1.29 is 25.6 Å². The quantitative estimate of drug-likeness (QED) is 0.760. The summed E-state index contributed by atoms with van der Waals surface area (Å²) >= 11 is 0. The van der Waals surface area contributed by atoms with Crippen molar-refractivity contribution in [3.8, 4) is 0 Å². The molecule has 0 saturated heterocycles. The molecule has 2 aromatic rings.